The van der Waals surface area contributed by atoms with Crippen LogP contribution in [0.1, 0.15) is 25.8 Å². The van der Waals surface area contributed by atoms with Gasteiger partial charge in [0.25, 0.3) is 0 Å². The maximum atomic E-state index is 13.9. The number of benzene rings is 2. The molecule has 0 saturated heterocycles. The van der Waals surface area contributed by atoms with Crippen molar-refractivity contribution in [2.45, 2.75) is 25.4 Å². The van der Waals surface area contributed by atoms with Gasteiger partial charge >= 0.3 is 0 Å². The second-order valence-corrected chi connectivity index (χ2v) is 9.02. The molecule has 0 amide bonds. The second-order valence-electron chi connectivity index (χ2n) is 7.12. The number of rotatable bonds is 10. The zero-order valence-electron chi connectivity index (χ0n) is 18.3. The minimum absolute atomic E-state index is 0.109. The molecule has 2 unspecified atom stereocenters. The minimum atomic E-state index is -0.284. The Morgan fingerprint density at radius 1 is 1.07 bits per heavy atom. The molecular weight excluding hydrogens is 392 g/mol. The van der Waals surface area contributed by atoms with Crippen molar-refractivity contribution >= 4 is 19.6 Å². The molecule has 160 valence electrons. The number of methoxy groups -OCH3 is 3. The van der Waals surface area contributed by atoms with Gasteiger partial charge in [0.2, 0.25) is 0 Å². The lowest BCUT2D eigenvalue weighted by Gasteiger charge is -2.33. The topological polar surface area (TPSA) is 40.2 Å². The van der Waals surface area contributed by atoms with E-state index in [0.29, 0.717) is 25.8 Å². The quantitative estimate of drug-likeness (QED) is 0.415. The number of hydrogen-bond acceptors (Lipinski definition) is 5. The fourth-order valence-corrected chi connectivity index (χ4v) is 4.83. The van der Waals surface area contributed by atoms with Crippen LogP contribution in [0.25, 0.3) is 0 Å². The predicted octanol–water partition coefficient (Wildman–Crippen LogP) is 4.52. The molecule has 0 bridgehead atoms. The van der Waals surface area contributed by atoms with Crippen molar-refractivity contribution in [3.63, 3.8) is 0 Å². The number of hydrogen-bond donors (Lipinski definition) is 0. The van der Waals surface area contributed by atoms with Crippen LogP contribution in [0.3, 0.4) is 0 Å². The van der Waals surface area contributed by atoms with Gasteiger partial charge in [-0.2, -0.15) is 0 Å². The molecule has 2 aromatic carbocycles. The highest BCUT2D eigenvalue weighted by molar-refractivity contribution is 7.49. The van der Waals surface area contributed by atoms with Gasteiger partial charge in [-0.1, -0.05) is 22.4 Å². The van der Waals surface area contributed by atoms with E-state index in [-0.39, 0.29) is 17.8 Å². The molecule has 7 heteroatoms. The van der Waals surface area contributed by atoms with Gasteiger partial charge in [-0.15, -0.1) is 0 Å². The van der Waals surface area contributed by atoms with Crippen molar-refractivity contribution in [1.82, 2.24) is 0 Å². The first-order chi connectivity index (χ1) is 13.8. The SMILES string of the molecule is CCC(C)(Pc1ccc(F)cc1N(C)C)c1cc(OC)cc(OC)c1OCOC. The van der Waals surface area contributed by atoms with E-state index in [4.69, 9.17) is 18.9 Å². The summed E-state index contributed by atoms with van der Waals surface area (Å²) in [5.41, 5.74) is 1.85. The summed E-state index contributed by atoms with van der Waals surface area (Å²) in [5.74, 6) is 1.68. The molecule has 0 aliphatic carbocycles. The van der Waals surface area contributed by atoms with Crippen molar-refractivity contribution in [3.05, 3.63) is 41.7 Å². The maximum absolute atomic E-state index is 13.9. The van der Waals surface area contributed by atoms with Gasteiger partial charge in [0.05, 0.1) is 14.2 Å². The highest BCUT2D eigenvalue weighted by Crippen LogP contribution is 2.52. The lowest BCUT2D eigenvalue weighted by Crippen LogP contribution is -2.24. The van der Waals surface area contributed by atoms with Crippen molar-refractivity contribution in [1.29, 1.82) is 0 Å². The molecule has 0 N–H and O–H groups in total. The summed E-state index contributed by atoms with van der Waals surface area (Å²) >= 11 is 0. The molecule has 0 radical (unpaired) electrons. The summed E-state index contributed by atoms with van der Waals surface area (Å²) in [5, 5.41) is 0.799. The first-order valence-corrected chi connectivity index (χ1v) is 10.4. The van der Waals surface area contributed by atoms with Crippen LogP contribution >= 0.6 is 8.58 Å². The third kappa shape index (κ3) is 5.31. The van der Waals surface area contributed by atoms with E-state index in [0.717, 1.165) is 23.0 Å². The van der Waals surface area contributed by atoms with Gasteiger partial charge in [-0.25, -0.2) is 4.39 Å². The van der Waals surface area contributed by atoms with E-state index in [1.165, 1.54) is 6.07 Å². The van der Waals surface area contributed by atoms with Gasteiger partial charge in [-0.05, 0) is 36.0 Å². The van der Waals surface area contributed by atoms with Gasteiger partial charge in [0.15, 0.2) is 18.3 Å². The highest BCUT2D eigenvalue weighted by atomic mass is 31.1. The normalized spacial score (nSPS) is 13.4. The average molecular weight is 423 g/mol. The first kappa shape index (κ1) is 23.2. The fourth-order valence-electron chi connectivity index (χ4n) is 3.15. The molecule has 0 aliphatic heterocycles. The van der Waals surface area contributed by atoms with Crippen molar-refractivity contribution in [2.75, 3.05) is 47.1 Å². The summed E-state index contributed by atoms with van der Waals surface area (Å²) in [6, 6.07) is 8.75. The smallest absolute Gasteiger partial charge is 0.188 e. The van der Waals surface area contributed by atoms with Crippen LogP contribution in [-0.2, 0) is 9.89 Å². The van der Waals surface area contributed by atoms with Crippen molar-refractivity contribution in [3.8, 4) is 17.2 Å². The monoisotopic (exact) mass is 423 g/mol. The fraction of sp³-hybridized carbons (Fsp3) is 0.455. The lowest BCUT2D eigenvalue weighted by molar-refractivity contribution is 0.0479. The number of nitrogens with zero attached hydrogens (tertiary/aromatic N) is 1. The van der Waals surface area contributed by atoms with E-state index >= 15 is 0 Å². The van der Waals surface area contributed by atoms with Crippen molar-refractivity contribution < 1.29 is 23.3 Å². The molecule has 2 aromatic rings. The van der Waals surface area contributed by atoms with E-state index in [1.54, 1.807) is 33.5 Å². The Hall–Kier alpha value is -2.04. The van der Waals surface area contributed by atoms with Crippen LogP contribution in [0, 0.1) is 5.82 Å². The Morgan fingerprint density at radius 2 is 1.79 bits per heavy atom. The molecule has 0 fully saturated rings. The Labute approximate surface area is 174 Å². The van der Waals surface area contributed by atoms with Crippen LogP contribution in [-0.4, -0.2) is 42.2 Å². The van der Waals surface area contributed by atoms with Crippen LogP contribution in [0.15, 0.2) is 30.3 Å². The molecule has 5 nitrogen and oxygen atoms in total. The van der Waals surface area contributed by atoms with Crippen LogP contribution in [0.5, 0.6) is 17.2 Å². The molecule has 0 aliphatic rings. The summed E-state index contributed by atoms with van der Waals surface area (Å²) in [7, 11) is 9.04. The van der Waals surface area contributed by atoms with Crippen LogP contribution in [0.2, 0.25) is 0 Å². The van der Waals surface area contributed by atoms with Gasteiger partial charge in [-0.3, -0.25) is 0 Å². The number of ether oxygens (including phenoxy) is 4. The zero-order chi connectivity index (χ0) is 21.6. The van der Waals surface area contributed by atoms with E-state index in [9.17, 15) is 4.39 Å². The first-order valence-electron chi connectivity index (χ1n) is 9.42. The number of halogens is 1. The number of anilines is 1. The van der Waals surface area contributed by atoms with E-state index in [1.807, 2.05) is 31.1 Å². The van der Waals surface area contributed by atoms with Crippen LogP contribution in [0.4, 0.5) is 10.1 Å². The maximum Gasteiger partial charge on any atom is 0.188 e. The Balaban J connectivity index is 2.62. The molecule has 0 spiro atoms. The Kier molecular flexibility index (Phi) is 8.12. The van der Waals surface area contributed by atoms with E-state index < -0.39 is 0 Å². The Morgan fingerprint density at radius 3 is 2.34 bits per heavy atom. The molecule has 2 rings (SSSR count). The molecular formula is C22H31FNO4P. The molecule has 2 atom stereocenters. The molecule has 0 aromatic heterocycles. The average Bonchev–Trinajstić information content (AvgIpc) is 2.72. The second kappa shape index (κ2) is 10.1. The largest absolute Gasteiger partial charge is 0.497 e. The standard InChI is InChI=1S/C22H31FNO4P/c1-8-22(2,29-20-10-9-15(23)11-18(20)24(3)4)17-12-16(26-6)13-19(27-7)21(17)28-14-25-5/h9-13,29H,8,14H2,1-7H3. The summed E-state index contributed by atoms with van der Waals surface area (Å²) in [6.45, 7) is 4.43. The van der Waals surface area contributed by atoms with Crippen LogP contribution < -0.4 is 24.4 Å². The van der Waals surface area contributed by atoms with Gasteiger partial charge in [0.1, 0.15) is 11.6 Å². The third-order valence-electron chi connectivity index (χ3n) is 4.96. The van der Waals surface area contributed by atoms with Gasteiger partial charge < -0.3 is 23.8 Å². The Bertz CT molecular complexity index is 831. The molecule has 29 heavy (non-hydrogen) atoms. The predicted molar refractivity (Wildman–Crippen MR) is 118 cm³/mol. The zero-order valence-corrected chi connectivity index (χ0v) is 19.3. The summed E-state index contributed by atoms with van der Waals surface area (Å²) in [4.78, 5) is 1.94. The van der Waals surface area contributed by atoms with E-state index in [2.05, 4.69) is 13.8 Å². The molecule has 0 heterocycles. The van der Waals surface area contributed by atoms with Gasteiger partial charge in [0, 0.05) is 43.7 Å². The van der Waals surface area contributed by atoms with Crippen molar-refractivity contribution in [2.24, 2.45) is 0 Å². The minimum Gasteiger partial charge on any atom is -0.497 e. The highest BCUT2D eigenvalue weighted by Gasteiger charge is 2.32. The lowest BCUT2D eigenvalue weighted by atomic mass is 9.95. The summed E-state index contributed by atoms with van der Waals surface area (Å²) < 4.78 is 36.0. The summed E-state index contributed by atoms with van der Waals surface area (Å²) in [6.07, 6.45) is 0.843. The molecule has 0 saturated carbocycles. The third-order valence-corrected chi connectivity index (χ3v) is 6.83.